The lowest BCUT2D eigenvalue weighted by atomic mass is 10.1. The second kappa shape index (κ2) is 6.20. The van der Waals surface area contributed by atoms with Crippen LogP contribution in [0.1, 0.15) is 21.5 Å². The van der Waals surface area contributed by atoms with E-state index in [9.17, 15) is 18.0 Å². The summed E-state index contributed by atoms with van der Waals surface area (Å²) in [4.78, 5) is 12.0. The van der Waals surface area contributed by atoms with Crippen LogP contribution in [0, 0.1) is 11.3 Å². The summed E-state index contributed by atoms with van der Waals surface area (Å²) in [6.07, 6.45) is -4.52. The molecule has 0 heterocycles. The van der Waals surface area contributed by atoms with Crippen molar-refractivity contribution < 1.29 is 18.0 Å². The number of hydrogen-bond acceptors (Lipinski definition) is 2. The van der Waals surface area contributed by atoms with Crippen LogP contribution in [0.5, 0.6) is 0 Å². The molecule has 1 amide bonds. The molecule has 112 valence electrons. The summed E-state index contributed by atoms with van der Waals surface area (Å²) in [6.45, 7) is 0. The van der Waals surface area contributed by atoms with Crippen molar-refractivity contribution in [1.29, 1.82) is 5.26 Å². The van der Waals surface area contributed by atoms with Gasteiger partial charge in [-0.2, -0.15) is 18.4 Å². The molecular weight excluding hydrogens is 361 g/mol. The van der Waals surface area contributed by atoms with E-state index in [0.29, 0.717) is 5.56 Å². The Morgan fingerprint density at radius 1 is 1.14 bits per heavy atom. The molecule has 2 aromatic rings. The van der Waals surface area contributed by atoms with Crippen LogP contribution in [-0.2, 0) is 6.18 Å². The number of anilines is 1. The topological polar surface area (TPSA) is 52.9 Å². The van der Waals surface area contributed by atoms with Gasteiger partial charge in [0.15, 0.2) is 0 Å². The van der Waals surface area contributed by atoms with Crippen LogP contribution in [0.25, 0.3) is 0 Å². The van der Waals surface area contributed by atoms with Crippen molar-refractivity contribution in [2.75, 3.05) is 5.32 Å². The standard InChI is InChI=1S/C15H8BrF3N2O/c16-13-6-5-11(7-12(13)15(17,18)19)21-14(22)10-3-1-9(8-20)2-4-10/h1-7H,(H,21,22). The van der Waals surface area contributed by atoms with Gasteiger partial charge in [0.05, 0.1) is 17.2 Å². The molecule has 0 unspecified atom stereocenters. The fourth-order valence-electron chi connectivity index (χ4n) is 1.72. The second-order valence-corrected chi connectivity index (χ2v) is 5.19. The summed E-state index contributed by atoms with van der Waals surface area (Å²) >= 11 is 2.83. The van der Waals surface area contributed by atoms with Crippen LogP contribution in [0.4, 0.5) is 18.9 Å². The lowest BCUT2D eigenvalue weighted by Crippen LogP contribution is -2.13. The Bertz CT molecular complexity index is 749. The van der Waals surface area contributed by atoms with Crippen molar-refractivity contribution in [1.82, 2.24) is 0 Å². The van der Waals surface area contributed by atoms with Crippen molar-refractivity contribution in [3.05, 3.63) is 63.6 Å². The molecule has 0 saturated carbocycles. The first-order valence-corrected chi connectivity index (χ1v) is 6.79. The zero-order valence-corrected chi connectivity index (χ0v) is 12.5. The summed E-state index contributed by atoms with van der Waals surface area (Å²) < 4.78 is 38.3. The largest absolute Gasteiger partial charge is 0.417 e. The maximum atomic E-state index is 12.8. The fraction of sp³-hybridized carbons (Fsp3) is 0.0667. The van der Waals surface area contributed by atoms with Gasteiger partial charge >= 0.3 is 6.18 Å². The number of carbonyl (C=O) groups excluding carboxylic acids is 1. The third-order valence-electron chi connectivity index (χ3n) is 2.81. The van der Waals surface area contributed by atoms with Crippen molar-refractivity contribution in [3.63, 3.8) is 0 Å². The highest BCUT2D eigenvalue weighted by molar-refractivity contribution is 9.10. The number of rotatable bonds is 2. The molecule has 0 fully saturated rings. The minimum atomic E-state index is -4.52. The Balaban J connectivity index is 2.23. The molecule has 1 N–H and O–H groups in total. The Morgan fingerprint density at radius 2 is 1.77 bits per heavy atom. The number of nitrogens with zero attached hydrogens (tertiary/aromatic N) is 1. The lowest BCUT2D eigenvalue weighted by molar-refractivity contribution is -0.138. The number of carbonyl (C=O) groups is 1. The third-order valence-corrected chi connectivity index (χ3v) is 3.50. The van der Waals surface area contributed by atoms with E-state index in [0.717, 1.165) is 6.07 Å². The second-order valence-electron chi connectivity index (χ2n) is 4.34. The molecule has 0 radical (unpaired) electrons. The van der Waals surface area contributed by atoms with Gasteiger partial charge in [-0.15, -0.1) is 0 Å². The molecule has 7 heteroatoms. The normalized spacial score (nSPS) is 10.9. The van der Waals surface area contributed by atoms with Crippen molar-refractivity contribution in [3.8, 4) is 6.07 Å². The number of hydrogen-bond donors (Lipinski definition) is 1. The molecule has 3 nitrogen and oxygen atoms in total. The molecule has 22 heavy (non-hydrogen) atoms. The fourth-order valence-corrected chi connectivity index (χ4v) is 2.19. The first kappa shape index (κ1) is 16.0. The van der Waals surface area contributed by atoms with Crippen LogP contribution in [0.2, 0.25) is 0 Å². The van der Waals surface area contributed by atoms with Crippen LogP contribution < -0.4 is 5.32 Å². The van der Waals surface area contributed by atoms with Gasteiger partial charge in [0, 0.05) is 15.7 Å². The maximum Gasteiger partial charge on any atom is 0.417 e. The third kappa shape index (κ3) is 3.65. The van der Waals surface area contributed by atoms with E-state index in [1.165, 1.54) is 36.4 Å². The van der Waals surface area contributed by atoms with Crippen LogP contribution in [0.15, 0.2) is 46.9 Å². The summed E-state index contributed by atoms with van der Waals surface area (Å²) in [5.74, 6) is -0.556. The van der Waals surface area contributed by atoms with E-state index >= 15 is 0 Å². The molecule has 0 saturated heterocycles. The Kier molecular flexibility index (Phi) is 4.52. The number of alkyl halides is 3. The quantitative estimate of drug-likeness (QED) is 0.842. The first-order valence-electron chi connectivity index (χ1n) is 5.99. The van der Waals surface area contributed by atoms with E-state index in [-0.39, 0.29) is 15.7 Å². The molecule has 0 aliphatic rings. The molecule has 0 atom stereocenters. The van der Waals surface area contributed by atoms with Crippen LogP contribution >= 0.6 is 15.9 Å². The monoisotopic (exact) mass is 368 g/mol. The van der Waals surface area contributed by atoms with E-state index in [4.69, 9.17) is 5.26 Å². The minimum absolute atomic E-state index is 0.0323. The van der Waals surface area contributed by atoms with Crippen LogP contribution in [0.3, 0.4) is 0 Å². The molecule has 0 aromatic heterocycles. The van der Waals surface area contributed by atoms with Crippen molar-refractivity contribution >= 4 is 27.5 Å². The van der Waals surface area contributed by atoms with Gasteiger partial charge in [0.2, 0.25) is 0 Å². The van der Waals surface area contributed by atoms with Crippen molar-refractivity contribution in [2.24, 2.45) is 0 Å². The van der Waals surface area contributed by atoms with Gasteiger partial charge in [-0.05, 0) is 42.5 Å². The Labute approximate surface area is 132 Å². The summed E-state index contributed by atoms with van der Waals surface area (Å²) in [5.41, 5.74) is -0.204. The summed E-state index contributed by atoms with van der Waals surface area (Å²) in [7, 11) is 0. The van der Waals surface area contributed by atoms with Gasteiger partial charge in [0.25, 0.3) is 5.91 Å². The Morgan fingerprint density at radius 3 is 2.32 bits per heavy atom. The highest BCUT2D eigenvalue weighted by Gasteiger charge is 2.33. The smallest absolute Gasteiger partial charge is 0.322 e. The van der Waals surface area contributed by atoms with Gasteiger partial charge in [-0.3, -0.25) is 4.79 Å². The summed E-state index contributed by atoms with van der Waals surface area (Å²) in [5, 5.41) is 11.1. The molecule has 0 bridgehead atoms. The van der Waals surface area contributed by atoms with Crippen LogP contribution in [-0.4, -0.2) is 5.91 Å². The highest BCUT2D eigenvalue weighted by atomic mass is 79.9. The Hall–Kier alpha value is -2.33. The van der Waals surface area contributed by atoms with E-state index < -0.39 is 17.6 Å². The van der Waals surface area contributed by atoms with Gasteiger partial charge in [-0.25, -0.2) is 0 Å². The number of amides is 1. The van der Waals surface area contributed by atoms with Gasteiger partial charge in [-0.1, -0.05) is 15.9 Å². The van der Waals surface area contributed by atoms with Gasteiger partial charge < -0.3 is 5.32 Å². The molecule has 0 aliphatic heterocycles. The molecule has 0 spiro atoms. The predicted molar refractivity (Wildman–Crippen MR) is 78.3 cm³/mol. The zero-order chi connectivity index (χ0) is 16.3. The van der Waals surface area contributed by atoms with E-state index in [2.05, 4.69) is 21.2 Å². The minimum Gasteiger partial charge on any atom is -0.322 e. The van der Waals surface area contributed by atoms with E-state index in [1.807, 2.05) is 6.07 Å². The molecule has 0 aliphatic carbocycles. The SMILES string of the molecule is N#Cc1ccc(C(=O)Nc2ccc(Br)c(C(F)(F)F)c2)cc1. The number of benzene rings is 2. The predicted octanol–water partition coefficient (Wildman–Crippen LogP) is 4.59. The first-order chi connectivity index (χ1) is 10.3. The lowest BCUT2D eigenvalue weighted by Gasteiger charge is -2.12. The molecule has 2 rings (SSSR count). The summed E-state index contributed by atoms with van der Waals surface area (Å²) in [6, 6.07) is 11.1. The average Bonchev–Trinajstić information content (AvgIpc) is 2.48. The zero-order valence-electron chi connectivity index (χ0n) is 10.9. The van der Waals surface area contributed by atoms with Gasteiger partial charge in [0.1, 0.15) is 0 Å². The van der Waals surface area contributed by atoms with E-state index in [1.54, 1.807) is 0 Å². The van der Waals surface area contributed by atoms with Crippen molar-refractivity contribution in [2.45, 2.75) is 6.18 Å². The number of nitriles is 1. The molecule has 2 aromatic carbocycles. The highest BCUT2D eigenvalue weighted by Crippen LogP contribution is 2.36. The maximum absolute atomic E-state index is 12.8. The number of nitrogens with one attached hydrogen (secondary N) is 1. The number of halogens is 4. The average molecular weight is 369 g/mol. The molecular formula is C15H8BrF3N2O.